The highest BCUT2D eigenvalue weighted by molar-refractivity contribution is 5.64. The second-order valence-corrected chi connectivity index (χ2v) is 17.2. The van der Waals surface area contributed by atoms with E-state index < -0.39 is 0 Å². The van der Waals surface area contributed by atoms with E-state index >= 15 is 0 Å². The van der Waals surface area contributed by atoms with Crippen molar-refractivity contribution in [2.75, 3.05) is 13.2 Å². The molecule has 0 bridgehead atoms. The molecule has 6 rings (SSSR count). The van der Waals surface area contributed by atoms with Gasteiger partial charge in [-0.1, -0.05) is 135 Å². The number of unbranched alkanes of at least 4 members (excludes halogenated alkanes) is 7. The molecule has 2 aromatic heterocycles. The van der Waals surface area contributed by atoms with Gasteiger partial charge in [0.2, 0.25) is 0 Å². The Hall–Kier alpha value is -3.66. The van der Waals surface area contributed by atoms with Gasteiger partial charge < -0.3 is 9.47 Å². The smallest absolute Gasteiger partial charge is 0.119 e. The van der Waals surface area contributed by atoms with Gasteiger partial charge in [0.15, 0.2) is 0 Å². The Morgan fingerprint density at radius 1 is 0.404 bits per heavy atom. The molecule has 0 radical (unpaired) electrons. The summed E-state index contributed by atoms with van der Waals surface area (Å²) in [5, 5.41) is 0. The highest BCUT2D eigenvalue weighted by Gasteiger charge is 2.24. The van der Waals surface area contributed by atoms with Gasteiger partial charge in [-0.25, -0.2) is 0 Å². The fourth-order valence-corrected chi connectivity index (χ4v) is 8.86. The number of benzene rings is 2. The van der Waals surface area contributed by atoms with Crippen LogP contribution in [0.15, 0.2) is 85.2 Å². The zero-order chi connectivity index (χ0) is 39.9. The average molecular weight is 773 g/mol. The van der Waals surface area contributed by atoms with Gasteiger partial charge in [-0.2, -0.15) is 0 Å². The highest BCUT2D eigenvalue weighted by atomic mass is 16.5. The maximum atomic E-state index is 5.82. The van der Waals surface area contributed by atoms with Gasteiger partial charge in [0.05, 0.1) is 13.2 Å². The Kier molecular flexibility index (Phi) is 20.0. The van der Waals surface area contributed by atoms with Crippen LogP contribution in [0.5, 0.6) is 11.5 Å². The van der Waals surface area contributed by atoms with Gasteiger partial charge in [0.1, 0.15) is 11.5 Å². The zero-order valence-corrected chi connectivity index (χ0v) is 36.4. The van der Waals surface area contributed by atoms with Crippen molar-refractivity contribution >= 4 is 0 Å². The van der Waals surface area contributed by atoms with Gasteiger partial charge in [0, 0.05) is 46.7 Å². The third kappa shape index (κ3) is 15.2. The lowest BCUT2D eigenvalue weighted by Crippen LogP contribution is -2.14. The minimum atomic E-state index is 0.658. The van der Waals surface area contributed by atoms with E-state index in [1.807, 2.05) is 0 Å². The monoisotopic (exact) mass is 773 g/mol. The minimum absolute atomic E-state index is 0.658. The van der Waals surface area contributed by atoms with Crippen LogP contribution in [0.25, 0.3) is 22.3 Å². The van der Waals surface area contributed by atoms with Crippen LogP contribution in [0, 0.1) is 11.8 Å². The number of ether oxygens (including phenoxy) is 2. The van der Waals surface area contributed by atoms with Crippen LogP contribution in [0.2, 0.25) is 0 Å². The summed E-state index contributed by atoms with van der Waals surface area (Å²) in [6, 6.07) is 25.9. The normalized spacial score (nSPS) is 19.4. The Balaban J connectivity index is 0.000000218. The first-order valence-corrected chi connectivity index (χ1v) is 23.5. The van der Waals surface area contributed by atoms with E-state index in [0.717, 1.165) is 55.8 Å². The summed E-state index contributed by atoms with van der Waals surface area (Å²) in [4.78, 5) is 9.67. The number of hydrogen-bond acceptors (Lipinski definition) is 4. The first kappa shape index (κ1) is 44.4. The summed E-state index contributed by atoms with van der Waals surface area (Å²) in [6.45, 7) is 10.6. The first-order chi connectivity index (χ1) is 28.1. The maximum absolute atomic E-state index is 5.82. The van der Waals surface area contributed by atoms with Gasteiger partial charge in [-0.05, 0) is 124 Å². The Bertz CT molecular complexity index is 1600. The van der Waals surface area contributed by atoms with E-state index in [4.69, 9.17) is 19.4 Å². The largest absolute Gasteiger partial charge is 0.494 e. The summed E-state index contributed by atoms with van der Waals surface area (Å²) >= 11 is 0. The predicted octanol–water partition coefficient (Wildman–Crippen LogP) is 16.0. The van der Waals surface area contributed by atoms with E-state index in [9.17, 15) is 0 Å². The first-order valence-electron chi connectivity index (χ1n) is 23.5. The number of nitrogens with zero attached hydrogens (tertiary/aromatic N) is 2. The van der Waals surface area contributed by atoms with E-state index in [-0.39, 0.29) is 0 Å². The van der Waals surface area contributed by atoms with Crippen LogP contribution < -0.4 is 9.47 Å². The fraction of sp³-hybridized carbons (Fsp3) is 0.585. The van der Waals surface area contributed by atoms with Crippen molar-refractivity contribution in [2.45, 2.75) is 174 Å². The molecule has 0 N–H and O–H groups in total. The van der Waals surface area contributed by atoms with Crippen molar-refractivity contribution in [1.29, 1.82) is 0 Å². The molecule has 0 amide bonds. The molecular weight excluding hydrogens is 697 g/mol. The van der Waals surface area contributed by atoms with Gasteiger partial charge in [-0.3, -0.25) is 9.97 Å². The van der Waals surface area contributed by atoms with Crippen molar-refractivity contribution in [2.24, 2.45) is 11.8 Å². The Morgan fingerprint density at radius 2 is 0.772 bits per heavy atom. The van der Waals surface area contributed by atoms with E-state index in [1.165, 1.54) is 149 Å². The van der Waals surface area contributed by atoms with Gasteiger partial charge >= 0.3 is 0 Å². The third-order valence-electron chi connectivity index (χ3n) is 12.7. The summed E-state index contributed by atoms with van der Waals surface area (Å²) in [5.74, 6) is 5.15. The molecule has 310 valence electrons. The molecule has 0 spiro atoms. The molecule has 0 aliphatic heterocycles. The molecule has 4 heteroatoms. The quantitative estimate of drug-likeness (QED) is 0.0791. The van der Waals surface area contributed by atoms with Crippen LogP contribution in [0.3, 0.4) is 0 Å². The molecule has 2 fully saturated rings. The molecule has 2 saturated carbocycles. The Labute approximate surface area is 348 Å². The van der Waals surface area contributed by atoms with Gasteiger partial charge in [-0.15, -0.1) is 0 Å². The summed E-state index contributed by atoms with van der Waals surface area (Å²) in [6.07, 6.45) is 31.9. The lowest BCUT2D eigenvalue weighted by atomic mass is 9.78. The molecule has 0 saturated heterocycles. The summed E-state index contributed by atoms with van der Waals surface area (Å²) < 4.78 is 11.6. The molecular formula is C53H76N2O2. The fourth-order valence-electron chi connectivity index (χ4n) is 8.86. The van der Waals surface area contributed by atoms with Crippen molar-refractivity contribution in [3.63, 3.8) is 0 Å². The summed E-state index contributed by atoms with van der Waals surface area (Å²) in [5.41, 5.74) is 7.38. The highest BCUT2D eigenvalue weighted by Crippen LogP contribution is 2.39. The molecule has 0 atom stereocenters. The number of hydrogen-bond donors (Lipinski definition) is 0. The van der Waals surface area contributed by atoms with Crippen LogP contribution in [-0.4, -0.2) is 23.2 Å². The standard InChI is InChI=1S/C27H39NO.C26H37NO/c1-3-5-7-9-22-10-12-24(13-11-22)27-19-16-25(21-28-27)23-14-17-26(18-15-23)29-20-8-6-4-2;1-3-5-7-8-21-9-11-23(12-10-21)26-18-15-24(20-27-26)22-13-16-25(17-14-22)28-19-6-4-2/h14-19,21-22,24H,3-13,20H2,1-2H3;13-18,20-21,23H,3-12,19H2,1-2H3. The lowest BCUT2D eigenvalue weighted by Gasteiger charge is -2.28. The molecule has 2 aromatic carbocycles. The molecule has 4 nitrogen and oxygen atoms in total. The number of aromatic nitrogens is 2. The Morgan fingerprint density at radius 3 is 1.14 bits per heavy atom. The van der Waals surface area contributed by atoms with Crippen molar-refractivity contribution in [3.8, 4) is 33.8 Å². The lowest BCUT2D eigenvalue weighted by molar-refractivity contribution is 0.300. The second-order valence-electron chi connectivity index (χ2n) is 17.2. The zero-order valence-electron chi connectivity index (χ0n) is 36.4. The minimum Gasteiger partial charge on any atom is -0.494 e. The van der Waals surface area contributed by atoms with Crippen LogP contribution in [0.1, 0.15) is 186 Å². The van der Waals surface area contributed by atoms with E-state index in [2.05, 4.69) is 113 Å². The second kappa shape index (κ2) is 25.6. The topological polar surface area (TPSA) is 44.2 Å². The molecule has 2 aliphatic carbocycles. The third-order valence-corrected chi connectivity index (χ3v) is 12.7. The van der Waals surface area contributed by atoms with Crippen LogP contribution >= 0.6 is 0 Å². The van der Waals surface area contributed by atoms with E-state index in [1.54, 1.807) is 0 Å². The number of pyridine rings is 2. The van der Waals surface area contributed by atoms with Crippen molar-refractivity contribution in [1.82, 2.24) is 9.97 Å². The van der Waals surface area contributed by atoms with Gasteiger partial charge in [0.25, 0.3) is 0 Å². The molecule has 0 unspecified atom stereocenters. The maximum Gasteiger partial charge on any atom is 0.119 e. The number of rotatable bonds is 21. The average Bonchev–Trinajstić information content (AvgIpc) is 3.27. The SMILES string of the molecule is CCCCCC1CCC(c2ccc(-c3ccc(OCCCC)cc3)cn2)CC1.CCCCCOc1ccc(-c2ccc(C3CCC(CCCCC)CC3)nc2)cc1. The van der Waals surface area contributed by atoms with E-state index in [0.29, 0.717) is 11.8 Å². The molecule has 2 heterocycles. The van der Waals surface area contributed by atoms with Crippen LogP contribution in [0.4, 0.5) is 0 Å². The molecule has 57 heavy (non-hydrogen) atoms. The molecule has 4 aromatic rings. The van der Waals surface area contributed by atoms with Crippen molar-refractivity contribution < 1.29 is 9.47 Å². The molecule has 2 aliphatic rings. The van der Waals surface area contributed by atoms with Crippen molar-refractivity contribution in [3.05, 3.63) is 96.6 Å². The predicted molar refractivity (Wildman–Crippen MR) is 242 cm³/mol. The van der Waals surface area contributed by atoms with Crippen LogP contribution in [-0.2, 0) is 0 Å². The summed E-state index contributed by atoms with van der Waals surface area (Å²) in [7, 11) is 0.